The van der Waals surface area contributed by atoms with Crippen molar-refractivity contribution in [2.75, 3.05) is 31.1 Å². The molecule has 1 aromatic carbocycles. The highest BCUT2D eigenvalue weighted by Gasteiger charge is 2.32. The SMILES string of the molecule is CC1CCc2ncnc(N3CCN(C(=O)C(N)Cc4ccc(C(F)(F)F)cc4)CC3)c21. The molecule has 0 spiro atoms. The van der Waals surface area contributed by atoms with Crippen LogP contribution in [0.2, 0.25) is 0 Å². The topological polar surface area (TPSA) is 75.4 Å². The van der Waals surface area contributed by atoms with E-state index in [9.17, 15) is 18.0 Å². The lowest BCUT2D eigenvalue weighted by molar-refractivity contribution is -0.137. The molecule has 4 rings (SSSR count). The van der Waals surface area contributed by atoms with Crippen LogP contribution in [0, 0.1) is 0 Å². The van der Waals surface area contributed by atoms with Gasteiger partial charge in [-0.1, -0.05) is 19.1 Å². The average Bonchev–Trinajstić information content (AvgIpc) is 3.14. The van der Waals surface area contributed by atoms with Crippen LogP contribution >= 0.6 is 0 Å². The summed E-state index contributed by atoms with van der Waals surface area (Å²) < 4.78 is 38.1. The van der Waals surface area contributed by atoms with Gasteiger partial charge in [-0.15, -0.1) is 0 Å². The second kappa shape index (κ2) is 8.45. The monoisotopic (exact) mass is 433 g/mol. The van der Waals surface area contributed by atoms with Gasteiger partial charge < -0.3 is 15.5 Å². The second-order valence-corrected chi connectivity index (χ2v) is 8.32. The van der Waals surface area contributed by atoms with E-state index >= 15 is 0 Å². The van der Waals surface area contributed by atoms with Gasteiger partial charge in [-0.3, -0.25) is 4.79 Å². The molecule has 0 saturated carbocycles. The molecule has 0 radical (unpaired) electrons. The molecule has 1 amide bonds. The molecule has 2 N–H and O–H groups in total. The zero-order chi connectivity index (χ0) is 22.2. The van der Waals surface area contributed by atoms with E-state index < -0.39 is 17.8 Å². The number of rotatable bonds is 4. The number of nitrogens with zero attached hydrogens (tertiary/aromatic N) is 4. The fraction of sp³-hybridized carbons (Fsp3) is 0.500. The van der Waals surface area contributed by atoms with E-state index in [0.717, 1.165) is 36.5 Å². The summed E-state index contributed by atoms with van der Waals surface area (Å²) >= 11 is 0. The first-order valence-electron chi connectivity index (χ1n) is 10.5. The number of nitrogens with two attached hydrogens (primary N) is 1. The number of benzene rings is 1. The number of piperazine rings is 1. The highest BCUT2D eigenvalue weighted by Crippen LogP contribution is 2.37. The van der Waals surface area contributed by atoms with Crippen LogP contribution in [0.1, 0.15) is 41.6 Å². The van der Waals surface area contributed by atoms with Crippen LogP contribution in [0.3, 0.4) is 0 Å². The van der Waals surface area contributed by atoms with Crippen molar-refractivity contribution in [3.63, 3.8) is 0 Å². The predicted molar refractivity (Wildman–Crippen MR) is 111 cm³/mol. The minimum atomic E-state index is -4.38. The first-order chi connectivity index (χ1) is 14.7. The Kier molecular flexibility index (Phi) is 5.88. The van der Waals surface area contributed by atoms with E-state index in [4.69, 9.17) is 5.73 Å². The van der Waals surface area contributed by atoms with Crippen molar-refractivity contribution >= 4 is 11.7 Å². The first-order valence-corrected chi connectivity index (χ1v) is 10.5. The molecular weight excluding hydrogens is 407 g/mol. The minimum absolute atomic E-state index is 0.180. The molecule has 0 bridgehead atoms. The summed E-state index contributed by atoms with van der Waals surface area (Å²) in [5, 5.41) is 0. The number of amides is 1. The summed E-state index contributed by atoms with van der Waals surface area (Å²) in [4.78, 5) is 25.6. The number of anilines is 1. The van der Waals surface area contributed by atoms with Gasteiger partial charge in [-0.2, -0.15) is 13.2 Å². The Balaban J connectivity index is 1.35. The third-order valence-corrected chi connectivity index (χ3v) is 6.20. The van der Waals surface area contributed by atoms with E-state index in [1.807, 2.05) is 0 Å². The fourth-order valence-electron chi connectivity index (χ4n) is 4.42. The summed E-state index contributed by atoms with van der Waals surface area (Å²) in [5.74, 6) is 1.22. The maximum absolute atomic E-state index is 12.8. The molecule has 2 unspecified atom stereocenters. The summed E-state index contributed by atoms with van der Waals surface area (Å²) in [6.45, 7) is 4.59. The highest BCUT2D eigenvalue weighted by atomic mass is 19.4. The average molecular weight is 433 g/mol. The number of aryl methyl sites for hydroxylation is 1. The Morgan fingerprint density at radius 1 is 1.16 bits per heavy atom. The van der Waals surface area contributed by atoms with E-state index in [2.05, 4.69) is 21.8 Å². The van der Waals surface area contributed by atoms with Gasteiger partial charge in [0.05, 0.1) is 11.6 Å². The maximum Gasteiger partial charge on any atom is 0.416 e. The summed E-state index contributed by atoms with van der Waals surface area (Å²) in [5.41, 5.74) is 8.34. The summed E-state index contributed by atoms with van der Waals surface area (Å²) in [6.07, 6.45) is -0.503. The van der Waals surface area contributed by atoms with Gasteiger partial charge in [0.15, 0.2) is 0 Å². The van der Waals surface area contributed by atoms with Crippen LogP contribution in [0.5, 0.6) is 0 Å². The number of alkyl halides is 3. The molecule has 2 atom stereocenters. The lowest BCUT2D eigenvalue weighted by Gasteiger charge is -2.37. The minimum Gasteiger partial charge on any atom is -0.353 e. The molecule has 166 valence electrons. The Morgan fingerprint density at radius 3 is 2.48 bits per heavy atom. The summed E-state index contributed by atoms with van der Waals surface area (Å²) in [6, 6.07) is 4.01. The number of fused-ring (bicyclic) bond motifs is 1. The van der Waals surface area contributed by atoms with Gasteiger partial charge in [0.1, 0.15) is 12.1 Å². The number of carbonyl (C=O) groups excluding carboxylic acids is 1. The molecule has 9 heteroatoms. The molecule has 1 aromatic heterocycles. The molecule has 2 heterocycles. The van der Waals surface area contributed by atoms with Gasteiger partial charge in [-0.25, -0.2) is 9.97 Å². The van der Waals surface area contributed by atoms with Crippen LogP contribution in [0.25, 0.3) is 0 Å². The van der Waals surface area contributed by atoms with E-state index in [1.54, 1.807) is 11.2 Å². The van der Waals surface area contributed by atoms with Crippen molar-refractivity contribution in [1.82, 2.24) is 14.9 Å². The Labute approximate surface area is 179 Å². The normalized spacial score (nSPS) is 20.0. The first kappa shape index (κ1) is 21.5. The second-order valence-electron chi connectivity index (χ2n) is 8.32. The third-order valence-electron chi connectivity index (χ3n) is 6.20. The highest BCUT2D eigenvalue weighted by molar-refractivity contribution is 5.82. The molecule has 2 aromatic rings. The van der Waals surface area contributed by atoms with E-state index in [1.165, 1.54) is 17.7 Å². The van der Waals surface area contributed by atoms with Crippen molar-refractivity contribution in [2.24, 2.45) is 5.73 Å². The lowest BCUT2D eigenvalue weighted by atomic mass is 10.0. The number of hydrogen-bond donors (Lipinski definition) is 1. The van der Waals surface area contributed by atoms with Crippen molar-refractivity contribution in [1.29, 1.82) is 0 Å². The molecule has 1 saturated heterocycles. The molecule has 6 nitrogen and oxygen atoms in total. The van der Waals surface area contributed by atoms with E-state index in [-0.39, 0.29) is 12.3 Å². The zero-order valence-electron chi connectivity index (χ0n) is 17.4. The van der Waals surface area contributed by atoms with E-state index in [0.29, 0.717) is 37.7 Å². The van der Waals surface area contributed by atoms with Crippen LogP contribution < -0.4 is 10.6 Å². The number of halogens is 3. The van der Waals surface area contributed by atoms with Crippen LogP contribution in [0.4, 0.5) is 19.0 Å². The molecule has 1 aliphatic carbocycles. The number of carbonyl (C=O) groups is 1. The molecule has 1 fully saturated rings. The zero-order valence-corrected chi connectivity index (χ0v) is 17.4. The Hall–Kier alpha value is -2.68. The van der Waals surface area contributed by atoms with Crippen molar-refractivity contribution in [2.45, 2.75) is 44.3 Å². The van der Waals surface area contributed by atoms with Crippen molar-refractivity contribution in [3.05, 3.63) is 53.0 Å². The molecule has 31 heavy (non-hydrogen) atoms. The van der Waals surface area contributed by atoms with Crippen molar-refractivity contribution < 1.29 is 18.0 Å². The maximum atomic E-state index is 12.8. The lowest BCUT2D eigenvalue weighted by Crippen LogP contribution is -2.54. The standard InChI is InChI=1S/C22H26F3N5O/c1-14-2-7-18-19(14)20(28-13-27-18)29-8-10-30(11-9-29)21(31)17(26)12-15-3-5-16(6-4-15)22(23,24)25/h3-6,13-14,17H,2,7-12,26H2,1H3. The predicted octanol–water partition coefficient (Wildman–Crippen LogP) is 2.76. The Bertz CT molecular complexity index is 939. The quantitative estimate of drug-likeness (QED) is 0.803. The molecular formula is C22H26F3N5O. The largest absolute Gasteiger partial charge is 0.416 e. The Morgan fingerprint density at radius 2 is 1.84 bits per heavy atom. The molecule has 1 aliphatic heterocycles. The summed E-state index contributed by atoms with van der Waals surface area (Å²) in [7, 11) is 0. The van der Waals surface area contributed by atoms with Gasteiger partial charge in [0.2, 0.25) is 5.91 Å². The molecule has 2 aliphatic rings. The van der Waals surface area contributed by atoms with Crippen LogP contribution in [-0.4, -0.2) is 53.0 Å². The van der Waals surface area contributed by atoms with Gasteiger partial charge >= 0.3 is 6.18 Å². The third kappa shape index (κ3) is 4.51. The van der Waals surface area contributed by atoms with Crippen molar-refractivity contribution in [3.8, 4) is 0 Å². The number of hydrogen-bond acceptors (Lipinski definition) is 5. The van der Waals surface area contributed by atoms with Crippen LogP contribution in [0.15, 0.2) is 30.6 Å². The smallest absolute Gasteiger partial charge is 0.353 e. The number of aromatic nitrogens is 2. The van der Waals surface area contributed by atoms with Crippen LogP contribution in [-0.2, 0) is 23.8 Å². The fourth-order valence-corrected chi connectivity index (χ4v) is 4.42. The van der Waals surface area contributed by atoms with Gasteiger partial charge in [-0.05, 0) is 42.9 Å². The van der Waals surface area contributed by atoms with Gasteiger partial charge in [0, 0.05) is 37.4 Å². The van der Waals surface area contributed by atoms with Gasteiger partial charge in [0.25, 0.3) is 0 Å².